The standard InChI is InChI=1S/C13H24O4/c1-8(2)6-13(5,7-9(3)4)10(11(14)15)12(16)17/h8-10H,6-7H2,1-5H3,(H,14,15)(H,16,17). The average molecular weight is 244 g/mol. The summed E-state index contributed by atoms with van der Waals surface area (Å²) in [6.45, 7) is 9.72. The Labute approximate surface area is 103 Å². The maximum atomic E-state index is 11.2. The van der Waals surface area contributed by atoms with Crippen LogP contribution in [0.1, 0.15) is 47.5 Å². The van der Waals surface area contributed by atoms with Gasteiger partial charge in [0.1, 0.15) is 0 Å². The zero-order chi connectivity index (χ0) is 13.8. The van der Waals surface area contributed by atoms with Crippen LogP contribution in [0.25, 0.3) is 0 Å². The van der Waals surface area contributed by atoms with Crippen molar-refractivity contribution in [2.45, 2.75) is 47.5 Å². The molecule has 0 radical (unpaired) electrons. The van der Waals surface area contributed by atoms with E-state index < -0.39 is 23.3 Å². The summed E-state index contributed by atoms with van der Waals surface area (Å²) in [4.78, 5) is 22.3. The predicted molar refractivity (Wildman–Crippen MR) is 65.8 cm³/mol. The third kappa shape index (κ3) is 4.75. The summed E-state index contributed by atoms with van der Waals surface area (Å²) in [6.07, 6.45) is 1.21. The molecule has 0 aliphatic heterocycles. The van der Waals surface area contributed by atoms with Crippen molar-refractivity contribution >= 4 is 11.9 Å². The molecule has 0 aromatic rings. The van der Waals surface area contributed by atoms with Crippen LogP contribution in [0.4, 0.5) is 0 Å². The van der Waals surface area contributed by atoms with Crippen LogP contribution >= 0.6 is 0 Å². The van der Waals surface area contributed by atoms with Gasteiger partial charge in [-0.3, -0.25) is 9.59 Å². The molecular weight excluding hydrogens is 220 g/mol. The molecule has 2 N–H and O–H groups in total. The van der Waals surface area contributed by atoms with Crippen LogP contribution in [-0.4, -0.2) is 22.2 Å². The molecule has 0 spiro atoms. The van der Waals surface area contributed by atoms with Crippen molar-refractivity contribution in [3.05, 3.63) is 0 Å². The second kappa shape index (κ2) is 6.03. The number of hydrogen-bond donors (Lipinski definition) is 2. The molecule has 0 bridgehead atoms. The maximum Gasteiger partial charge on any atom is 0.318 e. The van der Waals surface area contributed by atoms with Gasteiger partial charge in [0, 0.05) is 0 Å². The van der Waals surface area contributed by atoms with Gasteiger partial charge in [0.05, 0.1) is 0 Å². The molecule has 0 unspecified atom stereocenters. The fourth-order valence-electron chi connectivity index (χ4n) is 2.89. The van der Waals surface area contributed by atoms with Gasteiger partial charge in [0.15, 0.2) is 5.92 Å². The van der Waals surface area contributed by atoms with Crippen molar-refractivity contribution in [2.24, 2.45) is 23.2 Å². The van der Waals surface area contributed by atoms with Gasteiger partial charge in [-0.25, -0.2) is 0 Å². The number of rotatable bonds is 7. The Bertz CT molecular complexity index is 257. The smallest absolute Gasteiger partial charge is 0.318 e. The molecule has 4 heteroatoms. The highest BCUT2D eigenvalue weighted by Gasteiger charge is 2.44. The van der Waals surface area contributed by atoms with Gasteiger partial charge < -0.3 is 10.2 Å². The minimum atomic E-state index is -1.33. The Morgan fingerprint density at radius 1 is 0.941 bits per heavy atom. The van der Waals surface area contributed by atoms with Crippen LogP contribution in [-0.2, 0) is 9.59 Å². The zero-order valence-electron chi connectivity index (χ0n) is 11.4. The number of carbonyl (C=O) groups is 2. The lowest BCUT2D eigenvalue weighted by atomic mass is 9.67. The lowest BCUT2D eigenvalue weighted by molar-refractivity contribution is -0.162. The fraction of sp³-hybridized carbons (Fsp3) is 0.846. The first-order valence-electron chi connectivity index (χ1n) is 6.05. The molecule has 0 heterocycles. The van der Waals surface area contributed by atoms with Gasteiger partial charge in [-0.05, 0) is 30.1 Å². The van der Waals surface area contributed by atoms with Crippen LogP contribution < -0.4 is 0 Å². The van der Waals surface area contributed by atoms with Gasteiger partial charge in [0.25, 0.3) is 0 Å². The highest BCUT2D eigenvalue weighted by atomic mass is 16.4. The second-order valence-corrected chi connectivity index (χ2v) is 5.96. The molecule has 0 aromatic carbocycles. The van der Waals surface area contributed by atoms with Gasteiger partial charge in [-0.15, -0.1) is 0 Å². The highest BCUT2D eigenvalue weighted by Crippen LogP contribution is 2.40. The van der Waals surface area contributed by atoms with Crippen molar-refractivity contribution in [1.29, 1.82) is 0 Å². The van der Waals surface area contributed by atoms with Crippen LogP contribution in [0.15, 0.2) is 0 Å². The summed E-state index contributed by atoms with van der Waals surface area (Å²) in [5.74, 6) is -3.24. The summed E-state index contributed by atoms with van der Waals surface area (Å²) in [5.41, 5.74) is -0.694. The molecule has 0 atom stereocenters. The summed E-state index contributed by atoms with van der Waals surface area (Å²) in [7, 11) is 0. The highest BCUT2D eigenvalue weighted by molar-refractivity contribution is 5.93. The summed E-state index contributed by atoms with van der Waals surface area (Å²) < 4.78 is 0. The van der Waals surface area contributed by atoms with E-state index in [4.69, 9.17) is 10.2 Å². The van der Waals surface area contributed by atoms with Crippen molar-refractivity contribution < 1.29 is 19.8 Å². The number of carboxylic acids is 2. The van der Waals surface area contributed by atoms with Crippen LogP contribution in [0, 0.1) is 23.2 Å². The molecule has 0 rings (SSSR count). The minimum absolute atomic E-state index is 0.278. The number of hydrogen-bond acceptors (Lipinski definition) is 2. The van der Waals surface area contributed by atoms with Crippen LogP contribution in [0.2, 0.25) is 0 Å². The van der Waals surface area contributed by atoms with E-state index in [2.05, 4.69) is 0 Å². The summed E-state index contributed by atoms with van der Waals surface area (Å²) >= 11 is 0. The first-order chi connectivity index (χ1) is 7.60. The normalized spacial score (nSPS) is 12.5. The molecule has 0 saturated heterocycles. The summed E-state index contributed by atoms with van der Waals surface area (Å²) in [5, 5.41) is 18.2. The molecule has 0 fully saturated rings. The molecule has 0 aliphatic rings. The van der Waals surface area contributed by atoms with Crippen molar-refractivity contribution in [3.63, 3.8) is 0 Å². The molecule has 4 nitrogen and oxygen atoms in total. The van der Waals surface area contributed by atoms with E-state index in [1.54, 1.807) is 6.92 Å². The number of aliphatic carboxylic acids is 2. The van der Waals surface area contributed by atoms with Gasteiger partial charge in [-0.1, -0.05) is 34.6 Å². The molecule has 0 amide bonds. The SMILES string of the molecule is CC(C)CC(C)(CC(C)C)C(C(=O)O)C(=O)O. The molecule has 0 aromatic heterocycles. The van der Waals surface area contributed by atoms with E-state index in [1.807, 2.05) is 27.7 Å². The minimum Gasteiger partial charge on any atom is -0.481 e. The average Bonchev–Trinajstić information content (AvgIpc) is 1.95. The summed E-state index contributed by atoms with van der Waals surface area (Å²) in [6, 6.07) is 0. The molecule has 0 saturated carbocycles. The van der Waals surface area contributed by atoms with Gasteiger partial charge in [-0.2, -0.15) is 0 Å². The first kappa shape index (κ1) is 15.9. The van der Waals surface area contributed by atoms with Gasteiger partial charge >= 0.3 is 11.9 Å². The molecule has 100 valence electrons. The third-order valence-electron chi connectivity index (χ3n) is 2.94. The largest absolute Gasteiger partial charge is 0.481 e. The molecular formula is C13H24O4. The lowest BCUT2D eigenvalue weighted by Gasteiger charge is -2.36. The quantitative estimate of drug-likeness (QED) is 0.675. The van der Waals surface area contributed by atoms with Crippen LogP contribution in [0.5, 0.6) is 0 Å². The Hall–Kier alpha value is -1.06. The Balaban J connectivity index is 5.24. The van der Waals surface area contributed by atoms with Gasteiger partial charge in [0.2, 0.25) is 0 Å². The van der Waals surface area contributed by atoms with E-state index in [0.29, 0.717) is 12.8 Å². The fourth-order valence-corrected chi connectivity index (χ4v) is 2.89. The second-order valence-electron chi connectivity index (χ2n) is 5.96. The van der Waals surface area contributed by atoms with Crippen LogP contribution in [0.3, 0.4) is 0 Å². The van der Waals surface area contributed by atoms with E-state index in [9.17, 15) is 9.59 Å². The lowest BCUT2D eigenvalue weighted by Crippen LogP contribution is -2.41. The zero-order valence-corrected chi connectivity index (χ0v) is 11.4. The van der Waals surface area contributed by atoms with Crippen molar-refractivity contribution in [3.8, 4) is 0 Å². The molecule has 0 aliphatic carbocycles. The van der Waals surface area contributed by atoms with Crippen molar-refractivity contribution in [2.75, 3.05) is 0 Å². The predicted octanol–water partition coefficient (Wildman–Crippen LogP) is 2.87. The van der Waals surface area contributed by atoms with E-state index in [0.717, 1.165) is 0 Å². The van der Waals surface area contributed by atoms with E-state index in [-0.39, 0.29) is 11.8 Å². The third-order valence-corrected chi connectivity index (χ3v) is 2.94. The Kier molecular flexibility index (Phi) is 5.66. The monoisotopic (exact) mass is 244 g/mol. The van der Waals surface area contributed by atoms with Crippen molar-refractivity contribution in [1.82, 2.24) is 0 Å². The maximum absolute atomic E-state index is 11.2. The Morgan fingerprint density at radius 2 is 1.24 bits per heavy atom. The van der Waals surface area contributed by atoms with E-state index in [1.165, 1.54) is 0 Å². The number of carboxylic acid groups (broad SMARTS) is 2. The first-order valence-corrected chi connectivity index (χ1v) is 6.05. The molecule has 17 heavy (non-hydrogen) atoms. The Morgan fingerprint density at radius 3 is 1.41 bits per heavy atom. The van der Waals surface area contributed by atoms with E-state index >= 15 is 0 Å². The topological polar surface area (TPSA) is 74.6 Å².